The zero-order chi connectivity index (χ0) is 31.3. The Morgan fingerprint density at radius 1 is 0.500 bits per heavy atom. The van der Waals surface area contributed by atoms with Gasteiger partial charge in [-0.05, 0) is 71.8 Å². The number of hydrogen-bond acceptors (Lipinski definition) is 4. The quantitative estimate of drug-likeness (QED) is 0.130. The first-order valence-corrected chi connectivity index (χ1v) is 14.3. The van der Waals surface area contributed by atoms with Crippen LogP contribution in [-0.4, -0.2) is 36.7 Å². The van der Waals surface area contributed by atoms with E-state index < -0.39 is 23.6 Å². The van der Waals surface area contributed by atoms with Crippen molar-refractivity contribution in [3.05, 3.63) is 153 Å². The SMILES string of the molecule is O=C(NCCNC(=O)C(=Cc1ccc(Cl)cc1)NC(=O)c1ccccc1)C(=Cc1ccc(Cl)cc1)NC(=O)c1ccccc1. The highest BCUT2D eigenvalue weighted by Gasteiger charge is 2.17. The molecule has 4 rings (SSSR count). The lowest BCUT2D eigenvalue weighted by atomic mass is 10.1. The number of hydrogen-bond donors (Lipinski definition) is 4. The summed E-state index contributed by atoms with van der Waals surface area (Å²) in [5.74, 6) is -2.04. The molecule has 0 aliphatic rings. The summed E-state index contributed by atoms with van der Waals surface area (Å²) < 4.78 is 0. The van der Waals surface area contributed by atoms with E-state index in [1.165, 1.54) is 12.2 Å². The van der Waals surface area contributed by atoms with E-state index in [-0.39, 0.29) is 24.5 Å². The van der Waals surface area contributed by atoms with Gasteiger partial charge in [-0.2, -0.15) is 0 Å². The molecule has 4 aromatic carbocycles. The van der Waals surface area contributed by atoms with Crippen LogP contribution < -0.4 is 21.3 Å². The van der Waals surface area contributed by atoms with Crippen LogP contribution in [0.3, 0.4) is 0 Å². The lowest BCUT2D eigenvalue weighted by Crippen LogP contribution is -2.41. The van der Waals surface area contributed by atoms with Crippen molar-refractivity contribution >= 4 is 59.0 Å². The zero-order valence-electron chi connectivity index (χ0n) is 23.4. The third-order valence-electron chi connectivity index (χ3n) is 6.12. The van der Waals surface area contributed by atoms with E-state index in [0.717, 1.165) is 0 Å². The lowest BCUT2D eigenvalue weighted by molar-refractivity contribution is -0.119. The number of nitrogens with one attached hydrogen (secondary N) is 4. The predicted molar refractivity (Wildman–Crippen MR) is 173 cm³/mol. The molecule has 0 aromatic heterocycles. The minimum absolute atomic E-state index is 0.00551. The summed E-state index contributed by atoms with van der Waals surface area (Å²) in [7, 11) is 0. The predicted octanol–water partition coefficient (Wildman–Crippen LogP) is 5.47. The fourth-order valence-corrected chi connectivity index (χ4v) is 4.13. The Labute approximate surface area is 264 Å². The molecule has 10 heteroatoms. The molecule has 0 atom stereocenters. The Hall–Kier alpha value is -5.18. The van der Waals surface area contributed by atoms with Gasteiger partial charge in [0.25, 0.3) is 23.6 Å². The first-order valence-electron chi connectivity index (χ1n) is 13.5. The molecule has 222 valence electrons. The maximum absolute atomic E-state index is 13.1. The van der Waals surface area contributed by atoms with E-state index in [9.17, 15) is 19.2 Å². The van der Waals surface area contributed by atoms with Crippen LogP contribution >= 0.6 is 23.2 Å². The fraction of sp³-hybridized carbons (Fsp3) is 0.0588. The summed E-state index contributed by atoms with van der Waals surface area (Å²) in [6.07, 6.45) is 3.05. The standard InChI is InChI=1S/C34H28Cl2N4O4/c35-27-15-11-23(12-16-27)21-29(39-31(41)25-7-3-1-4-8-25)33(43)37-19-20-38-34(44)30(22-24-13-17-28(36)18-14-24)40-32(42)26-9-5-2-6-10-26/h1-18,21-22H,19-20H2,(H,37,43)(H,38,44)(H,39,41)(H,40,42). The molecular weight excluding hydrogens is 599 g/mol. The molecule has 0 saturated carbocycles. The molecule has 0 saturated heterocycles. The van der Waals surface area contributed by atoms with Gasteiger partial charge >= 0.3 is 0 Å². The molecule has 0 unspecified atom stereocenters. The van der Waals surface area contributed by atoms with Crippen molar-refractivity contribution in [2.75, 3.05) is 13.1 Å². The molecule has 44 heavy (non-hydrogen) atoms. The van der Waals surface area contributed by atoms with Crippen molar-refractivity contribution in [2.24, 2.45) is 0 Å². The van der Waals surface area contributed by atoms with Crippen molar-refractivity contribution in [3.8, 4) is 0 Å². The van der Waals surface area contributed by atoms with Crippen LogP contribution in [0.4, 0.5) is 0 Å². The van der Waals surface area contributed by atoms with Crippen LogP contribution in [0.5, 0.6) is 0 Å². The van der Waals surface area contributed by atoms with Crippen molar-refractivity contribution in [1.29, 1.82) is 0 Å². The Bertz CT molecular complexity index is 1550. The Morgan fingerprint density at radius 2 is 0.841 bits per heavy atom. The number of amides is 4. The highest BCUT2D eigenvalue weighted by Crippen LogP contribution is 2.14. The van der Waals surface area contributed by atoms with Gasteiger partial charge in [-0.3, -0.25) is 19.2 Å². The normalized spacial score (nSPS) is 11.3. The van der Waals surface area contributed by atoms with Crippen LogP contribution in [0, 0.1) is 0 Å². The van der Waals surface area contributed by atoms with Crippen LogP contribution in [0.25, 0.3) is 12.2 Å². The second-order valence-corrected chi connectivity index (χ2v) is 10.2. The monoisotopic (exact) mass is 626 g/mol. The molecular formula is C34H28Cl2N4O4. The van der Waals surface area contributed by atoms with Crippen molar-refractivity contribution < 1.29 is 19.2 Å². The third-order valence-corrected chi connectivity index (χ3v) is 6.62. The summed E-state index contributed by atoms with van der Waals surface area (Å²) in [5, 5.41) is 11.8. The third kappa shape index (κ3) is 9.69. The van der Waals surface area contributed by atoms with Crippen LogP contribution in [0.1, 0.15) is 31.8 Å². The van der Waals surface area contributed by atoms with Crippen molar-refractivity contribution in [1.82, 2.24) is 21.3 Å². The highest BCUT2D eigenvalue weighted by atomic mass is 35.5. The highest BCUT2D eigenvalue weighted by molar-refractivity contribution is 6.30. The van der Waals surface area contributed by atoms with Crippen LogP contribution in [-0.2, 0) is 9.59 Å². The van der Waals surface area contributed by atoms with Gasteiger partial charge in [0.2, 0.25) is 0 Å². The van der Waals surface area contributed by atoms with Gasteiger partial charge < -0.3 is 21.3 Å². The number of benzene rings is 4. The van der Waals surface area contributed by atoms with Gasteiger partial charge in [0.05, 0.1) is 0 Å². The summed E-state index contributed by atoms with van der Waals surface area (Å²) in [5.41, 5.74) is 2.07. The van der Waals surface area contributed by atoms with Crippen LogP contribution in [0.15, 0.2) is 121 Å². The maximum Gasteiger partial charge on any atom is 0.267 e. The Balaban J connectivity index is 1.42. The van der Waals surface area contributed by atoms with Crippen molar-refractivity contribution in [3.63, 3.8) is 0 Å². The second-order valence-electron chi connectivity index (χ2n) is 9.37. The minimum Gasteiger partial charge on any atom is -0.349 e. The van der Waals surface area contributed by atoms with Gasteiger partial charge in [0, 0.05) is 34.3 Å². The number of carbonyl (C=O) groups is 4. The molecule has 0 heterocycles. The van der Waals surface area contributed by atoms with E-state index in [2.05, 4.69) is 21.3 Å². The fourth-order valence-electron chi connectivity index (χ4n) is 3.88. The van der Waals surface area contributed by atoms with E-state index in [1.807, 2.05) is 0 Å². The van der Waals surface area contributed by atoms with Gasteiger partial charge in [0.15, 0.2) is 0 Å². The molecule has 0 bridgehead atoms. The van der Waals surface area contributed by atoms with Crippen molar-refractivity contribution in [2.45, 2.75) is 0 Å². The Kier molecular flexibility index (Phi) is 11.5. The maximum atomic E-state index is 13.1. The van der Waals surface area contributed by atoms with E-state index >= 15 is 0 Å². The number of carbonyl (C=O) groups excluding carboxylic acids is 4. The van der Waals surface area contributed by atoms with E-state index in [0.29, 0.717) is 32.3 Å². The smallest absolute Gasteiger partial charge is 0.267 e. The number of halogens is 2. The Morgan fingerprint density at radius 3 is 1.18 bits per heavy atom. The molecule has 8 nitrogen and oxygen atoms in total. The first kappa shape index (κ1) is 31.7. The van der Waals surface area contributed by atoms with E-state index in [4.69, 9.17) is 23.2 Å². The lowest BCUT2D eigenvalue weighted by Gasteiger charge is -2.13. The summed E-state index contributed by atoms with van der Waals surface area (Å²) >= 11 is 12.0. The molecule has 0 aliphatic heterocycles. The molecule has 4 N–H and O–H groups in total. The summed E-state index contributed by atoms with van der Waals surface area (Å²) in [6.45, 7) is 0.0647. The molecule has 0 fully saturated rings. The van der Waals surface area contributed by atoms with Gasteiger partial charge in [-0.1, -0.05) is 83.9 Å². The topological polar surface area (TPSA) is 116 Å². The van der Waals surface area contributed by atoms with Gasteiger partial charge in [-0.25, -0.2) is 0 Å². The van der Waals surface area contributed by atoms with Gasteiger partial charge in [0.1, 0.15) is 11.4 Å². The zero-order valence-corrected chi connectivity index (χ0v) is 24.9. The van der Waals surface area contributed by atoms with E-state index in [1.54, 1.807) is 109 Å². The van der Waals surface area contributed by atoms with Crippen LogP contribution in [0.2, 0.25) is 10.0 Å². The molecule has 4 amide bonds. The molecule has 4 aromatic rings. The second kappa shape index (κ2) is 15.9. The average Bonchev–Trinajstić information content (AvgIpc) is 3.05. The molecule has 0 aliphatic carbocycles. The molecule has 0 radical (unpaired) electrons. The summed E-state index contributed by atoms with van der Waals surface area (Å²) in [4.78, 5) is 51.8. The molecule has 0 spiro atoms. The largest absolute Gasteiger partial charge is 0.349 e. The summed E-state index contributed by atoms with van der Waals surface area (Å²) in [6, 6.07) is 30.5. The average molecular weight is 628 g/mol. The van der Waals surface area contributed by atoms with Gasteiger partial charge in [-0.15, -0.1) is 0 Å². The first-order chi connectivity index (χ1) is 21.3. The minimum atomic E-state index is -0.562. The number of rotatable bonds is 11.